The van der Waals surface area contributed by atoms with Crippen LogP contribution >= 0.6 is 0 Å². The SMILES string of the molecule is CC1(C)C[C@@H](CCN2CCN(c3cccc(O)c3)CC2)OC1=O. The summed E-state index contributed by atoms with van der Waals surface area (Å²) in [7, 11) is 0. The number of carbonyl (C=O) groups is 1. The maximum absolute atomic E-state index is 11.7. The van der Waals surface area contributed by atoms with E-state index in [1.807, 2.05) is 32.0 Å². The summed E-state index contributed by atoms with van der Waals surface area (Å²) in [6.07, 6.45) is 1.82. The van der Waals surface area contributed by atoms with Crippen LogP contribution in [0.15, 0.2) is 24.3 Å². The molecular formula is C18H26N2O3. The number of esters is 1. The van der Waals surface area contributed by atoms with Crippen molar-refractivity contribution < 1.29 is 14.6 Å². The highest BCUT2D eigenvalue weighted by Gasteiger charge is 2.41. The summed E-state index contributed by atoms with van der Waals surface area (Å²) in [6, 6.07) is 7.43. The van der Waals surface area contributed by atoms with Crippen molar-refractivity contribution in [1.29, 1.82) is 0 Å². The van der Waals surface area contributed by atoms with Gasteiger partial charge in [-0.15, -0.1) is 0 Å². The minimum Gasteiger partial charge on any atom is -0.508 e. The minimum absolute atomic E-state index is 0.0591. The van der Waals surface area contributed by atoms with Crippen LogP contribution in [0.25, 0.3) is 0 Å². The molecule has 126 valence electrons. The van der Waals surface area contributed by atoms with Gasteiger partial charge in [0.05, 0.1) is 5.41 Å². The molecule has 0 spiro atoms. The van der Waals surface area contributed by atoms with Crippen molar-refractivity contribution in [3.63, 3.8) is 0 Å². The zero-order valence-electron chi connectivity index (χ0n) is 14.0. The van der Waals surface area contributed by atoms with Gasteiger partial charge in [-0.25, -0.2) is 0 Å². The number of ether oxygens (including phenoxy) is 1. The van der Waals surface area contributed by atoms with Crippen LogP contribution in [0.3, 0.4) is 0 Å². The molecule has 0 amide bonds. The van der Waals surface area contributed by atoms with E-state index < -0.39 is 0 Å². The lowest BCUT2D eigenvalue weighted by Crippen LogP contribution is -2.47. The van der Waals surface area contributed by atoms with E-state index in [-0.39, 0.29) is 17.5 Å². The number of phenolic OH excluding ortho intramolecular Hbond substituents is 1. The average Bonchev–Trinajstić information content (AvgIpc) is 2.78. The molecule has 0 unspecified atom stereocenters. The molecule has 0 saturated carbocycles. The molecule has 2 saturated heterocycles. The van der Waals surface area contributed by atoms with E-state index >= 15 is 0 Å². The summed E-state index contributed by atoms with van der Waals surface area (Å²) >= 11 is 0. The molecule has 5 heteroatoms. The van der Waals surface area contributed by atoms with E-state index in [9.17, 15) is 9.90 Å². The lowest BCUT2D eigenvalue weighted by atomic mass is 9.89. The summed E-state index contributed by atoms with van der Waals surface area (Å²) < 4.78 is 5.47. The van der Waals surface area contributed by atoms with Crippen LogP contribution in [0.1, 0.15) is 26.7 Å². The average molecular weight is 318 g/mol. The van der Waals surface area contributed by atoms with Crippen LogP contribution in [0.5, 0.6) is 5.75 Å². The number of anilines is 1. The predicted octanol–water partition coefficient (Wildman–Crippen LogP) is 2.25. The Kier molecular flexibility index (Phi) is 4.48. The fraction of sp³-hybridized carbons (Fsp3) is 0.611. The Hall–Kier alpha value is -1.75. The third-order valence-electron chi connectivity index (χ3n) is 4.90. The van der Waals surface area contributed by atoms with Crippen molar-refractivity contribution in [2.45, 2.75) is 32.8 Å². The molecule has 2 aliphatic heterocycles. The lowest BCUT2D eigenvalue weighted by Gasteiger charge is -2.36. The Labute approximate surface area is 137 Å². The summed E-state index contributed by atoms with van der Waals surface area (Å²) in [5, 5.41) is 9.59. The summed E-state index contributed by atoms with van der Waals surface area (Å²) in [6.45, 7) is 8.81. The zero-order valence-corrected chi connectivity index (χ0v) is 14.0. The van der Waals surface area contributed by atoms with E-state index in [0.29, 0.717) is 5.75 Å². The molecule has 0 aromatic heterocycles. The molecule has 0 radical (unpaired) electrons. The number of nitrogens with zero attached hydrogens (tertiary/aromatic N) is 2. The Balaban J connectivity index is 1.44. The molecule has 1 aromatic carbocycles. The first-order chi connectivity index (χ1) is 10.9. The van der Waals surface area contributed by atoms with E-state index in [1.54, 1.807) is 6.07 Å². The number of benzene rings is 1. The molecule has 5 nitrogen and oxygen atoms in total. The van der Waals surface area contributed by atoms with Crippen molar-refractivity contribution in [2.24, 2.45) is 5.41 Å². The number of hydrogen-bond acceptors (Lipinski definition) is 5. The van der Waals surface area contributed by atoms with Crippen LogP contribution in [0.4, 0.5) is 5.69 Å². The maximum Gasteiger partial charge on any atom is 0.311 e. The Bertz CT molecular complexity index is 565. The van der Waals surface area contributed by atoms with Crippen LogP contribution in [0, 0.1) is 5.41 Å². The van der Waals surface area contributed by atoms with Gasteiger partial charge in [0.25, 0.3) is 0 Å². The Morgan fingerprint density at radius 1 is 1.26 bits per heavy atom. The topological polar surface area (TPSA) is 53.0 Å². The second kappa shape index (κ2) is 6.40. The fourth-order valence-corrected chi connectivity index (χ4v) is 3.41. The first kappa shape index (κ1) is 16.1. The van der Waals surface area contributed by atoms with Gasteiger partial charge < -0.3 is 14.7 Å². The van der Waals surface area contributed by atoms with Gasteiger partial charge >= 0.3 is 5.97 Å². The molecule has 3 rings (SSSR count). The van der Waals surface area contributed by atoms with Gasteiger partial charge in [-0.1, -0.05) is 6.07 Å². The highest BCUT2D eigenvalue weighted by molar-refractivity contribution is 5.78. The molecule has 1 atom stereocenters. The number of carbonyl (C=O) groups excluding carboxylic acids is 1. The number of cyclic esters (lactones) is 1. The molecule has 0 bridgehead atoms. The van der Waals surface area contributed by atoms with Crippen molar-refractivity contribution in [3.8, 4) is 5.75 Å². The zero-order chi connectivity index (χ0) is 16.4. The molecule has 1 aromatic rings. The number of aromatic hydroxyl groups is 1. The number of piperazine rings is 1. The van der Waals surface area contributed by atoms with Crippen LogP contribution in [-0.2, 0) is 9.53 Å². The summed E-state index contributed by atoms with van der Waals surface area (Å²) in [5.74, 6) is 0.256. The standard InChI is InChI=1S/C18H26N2O3/c1-18(2)13-16(23-17(18)22)6-7-19-8-10-20(11-9-19)14-4-3-5-15(21)12-14/h3-5,12,16,21H,6-11,13H2,1-2H3/t16-/m1/s1. The van der Waals surface area contributed by atoms with Gasteiger partial charge in [-0.3, -0.25) is 9.69 Å². The molecular weight excluding hydrogens is 292 g/mol. The smallest absolute Gasteiger partial charge is 0.311 e. The first-order valence-electron chi connectivity index (χ1n) is 8.41. The summed E-state index contributed by atoms with van der Waals surface area (Å²) in [4.78, 5) is 16.5. The van der Waals surface area contributed by atoms with Gasteiger partial charge in [-0.05, 0) is 38.8 Å². The first-order valence-corrected chi connectivity index (χ1v) is 8.41. The maximum atomic E-state index is 11.7. The second-order valence-corrected chi connectivity index (χ2v) is 7.25. The van der Waals surface area contributed by atoms with Crippen LogP contribution in [-0.4, -0.2) is 54.8 Å². The largest absolute Gasteiger partial charge is 0.508 e. The minimum atomic E-state index is -0.321. The molecule has 2 fully saturated rings. The van der Waals surface area contributed by atoms with Crippen LogP contribution in [0.2, 0.25) is 0 Å². The Morgan fingerprint density at radius 2 is 2.00 bits per heavy atom. The van der Waals surface area contributed by atoms with Crippen molar-refractivity contribution in [1.82, 2.24) is 4.90 Å². The van der Waals surface area contributed by atoms with Crippen molar-refractivity contribution >= 4 is 11.7 Å². The van der Waals surface area contributed by atoms with Crippen molar-refractivity contribution in [3.05, 3.63) is 24.3 Å². The highest BCUT2D eigenvalue weighted by atomic mass is 16.6. The molecule has 2 aliphatic rings. The van der Waals surface area contributed by atoms with Crippen LogP contribution < -0.4 is 4.90 Å². The molecule has 0 aliphatic carbocycles. The quantitative estimate of drug-likeness (QED) is 0.863. The second-order valence-electron chi connectivity index (χ2n) is 7.25. The van der Waals surface area contributed by atoms with Gasteiger partial charge in [0.1, 0.15) is 11.9 Å². The third kappa shape index (κ3) is 3.78. The van der Waals surface area contributed by atoms with E-state index in [2.05, 4.69) is 9.80 Å². The number of rotatable bonds is 4. The fourth-order valence-electron chi connectivity index (χ4n) is 3.41. The van der Waals surface area contributed by atoms with E-state index in [0.717, 1.165) is 51.3 Å². The highest BCUT2D eigenvalue weighted by Crippen LogP contribution is 2.34. The lowest BCUT2D eigenvalue weighted by molar-refractivity contribution is -0.147. The normalized spacial score (nSPS) is 24.7. The molecule has 2 heterocycles. The van der Waals surface area contributed by atoms with E-state index in [4.69, 9.17) is 4.74 Å². The predicted molar refractivity (Wildman–Crippen MR) is 89.7 cm³/mol. The molecule has 23 heavy (non-hydrogen) atoms. The van der Waals surface area contributed by atoms with Gasteiger partial charge in [-0.2, -0.15) is 0 Å². The Morgan fingerprint density at radius 3 is 2.61 bits per heavy atom. The van der Waals surface area contributed by atoms with Gasteiger partial charge in [0.2, 0.25) is 0 Å². The summed E-state index contributed by atoms with van der Waals surface area (Å²) in [5.41, 5.74) is 0.759. The molecule has 1 N–H and O–H groups in total. The van der Waals surface area contributed by atoms with E-state index in [1.165, 1.54) is 0 Å². The number of phenols is 1. The van der Waals surface area contributed by atoms with Crippen molar-refractivity contribution in [2.75, 3.05) is 37.6 Å². The monoisotopic (exact) mass is 318 g/mol. The van der Waals surface area contributed by atoms with Gasteiger partial charge in [0.15, 0.2) is 0 Å². The third-order valence-corrected chi connectivity index (χ3v) is 4.90. The number of hydrogen-bond donors (Lipinski definition) is 1. The van der Waals surface area contributed by atoms with Gasteiger partial charge in [0, 0.05) is 44.5 Å².